The van der Waals surface area contributed by atoms with Crippen LogP contribution in [0.2, 0.25) is 0 Å². The van der Waals surface area contributed by atoms with E-state index in [-0.39, 0.29) is 17.7 Å². The summed E-state index contributed by atoms with van der Waals surface area (Å²) in [6, 6.07) is 7.00. The molecule has 7 heteroatoms. The van der Waals surface area contributed by atoms with Crippen molar-refractivity contribution in [3.63, 3.8) is 0 Å². The molecule has 146 valence electrons. The average molecular weight is 372 g/mol. The fraction of sp³-hybridized carbons (Fsp3) is 0.550. The Morgan fingerprint density at radius 1 is 0.926 bits per heavy atom. The molecule has 0 aromatic heterocycles. The Balaban J connectivity index is 1.50. The van der Waals surface area contributed by atoms with Crippen molar-refractivity contribution in [2.75, 3.05) is 51.1 Å². The number of nitrogens with one attached hydrogen (secondary N) is 1. The standard InChI is InChI=1S/C20H28N4O3/c1-16(25)21-18-7-5-6-17(14-18)20(27)24-12-10-22(11-13-24)15-19(26)23-8-3-2-4-9-23/h5-7,14H,2-4,8-13,15H2,1H3,(H,21,25). The molecule has 1 aromatic rings. The molecule has 0 atom stereocenters. The van der Waals surface area contributed by atoms with E-state index in [4.69, 9.17) is 0 Å². The van der Waals surface area contributed by atoms with Crippen LogP contribution in [0.15, 0.2) is 24.3 Å². The topological polar surface area (TPSA) is 73.0 Å². The van der Waals surface area contributed by atoms with Crippen LogP contribution < -0.4 is 5.32 Å². The molecule has 0 saturated carbocycles. The number of hydrogen-bond acceptors (Lipinski definition) is 4. The maximum Gasteiger partial charge on any atom is 0.254 e. The number of hydrogen-bond donors (Lipinski definition) is 1. The number of anilines is 1. The first-order valence-corrected chi connectivity index (χ1v) is 9.70. The van der Waals surface area contributed by atoms with E-state index in [1.165, 1.54) is 13.3 Å². The molecular weight excluding hydrogens is 344 g/mol. The number of nitrogens with zero attached hydrogens (tertiary/aromatic N) is 3. The molecule has 2 heterocycles. The Hall–Kier alpha value is -2.41. The second-order valence-corrected chi connectivity index (χ2v) is 7.27. The van der Waals surface area contributed by atoms with Gasteiger partial charge in [-0.1, -0.05) is 6.07 Å². The van der Waals surface area contributed by atoms with Crippen LogP contribution in [-0.2, 0) is 9.59 Å². The summed E-state index contributed by atoms with van der Waals surface area (Å²) < 4.78 is 0. The molecule has 1 aromatic carbocycles. The zero-order valence-corrected chi connectivity index (χ0v) is 15.9. The summed E-state index contributed by atoms with van der Waals surface area (Å²) in [5.41, 5.74) is 1.19. The number of benzene rings is 1. The lowest BCUT2D eigenvalue weighted by Gasteiger charge is -2.36. The average Bonchev–Trinajstić information content (AvgIpc) is 2.68. The van der Waals surface area contributed by atoms with Gasteiger partial charge in [-0.05, 0) is 37.5 Å². The van der Waals surface area contributed by atoms with Crippen LogP contribution in [0, 0.1) is 0 Å². The maximum absolute atomic E-state index is 12.7. The molecule has 2 aliphatic rings. The third kappa shape index (κ3) is 5.29. The smallest absolute Gasteiger partial charge is 0.254 e. The first-order chi connectivity index (χ1) is 13.0. The first kappa shape index (κ1) is 19.4. The Morgan fingerprint density at radius 3 is 2.30 bits per heavy atom. The molecule has 0 unspecified atom stereocenters. The largest absolute Gasteiger partial charge is 0.342 e. The van der Waals surface area contributed by atoms with E-state index in [1.807, 2.05) is 9.80 Å². The van der Waals surface area contributed by atoms with Crippen molar-refractivity contribution in [1.29, 1.82) is 0 Å². The summed E-state index contributed by atoms with van der Waals surface area (Å²) in [7, 11) is 0. The van der Waals surface area contributed by atoms with Crippen LogP contribution >= 0.6 is 0 Å². The van der Waals surface area contributed by atoms with Crippen molar-refractivity contribution >= 4 is 23.4 Å². The summed E-state index contributed by atoms with van der Waals surface area (Å²) in [5, 5.41) is 2.70. The third-order valence-corrected chi connectivity index (χ3v) is 5.16. The molecule has 0 spiro atoms. The van der Waals surface area contributed by atoms with Crippen LogP contribution in [0.5, 0.6) is 0 Å². The molecule has 1 N–H and O–H groups in total. The van der Waals surface area contributed by atoms with Crippen molar-refractivity contribution in [1.82, 2.24) is 14.7 Å². The van der Waals surface area contributed by atoms with E-state index in [2.05, 4.69) is 10.2 Å². The minimum absolute atomic E-state index is 0.0378. The lowest BCUT2D eigenvalue weighted by Crippen LogP contribution is -2.52. The molecule has 0 radical (unpaired) electrons. The second-order valence-electron chi connectivity index (χ2n) is 7.27. The summed E-state index contributed by atoms with van der Waals surface area (Å²) in [6.07, 6.45) is 3.42. The van der Waals surface area contributed by atoms with Gasteiger partial charge in [-0.25, -0.2) is 0 Å². The molecule has 2 aliphatic heterocycles. The van der Waals surface area contributed by atoms with Gasteiger partial charge in [0.1, 0.15) is 0 Å². The minimum atomic E-state index is -0.161. The van der Waals surface area contributed by atoms with Crippen LogP contribution in [0.1, 0.15) is 36.5 Å². The summed E-state index contributed by atoms with van der Waals surface area (Å²) in [6.45, 7) is 6.27. The quantitative estimate of drug-likeness (QED) is 0.868. The van der Waals surface area contributed by atoms with E-state index in [1.54, 1.807) is 24.3 Å². The van der Waals surface area contributed by atoms with E-state index in [0.717, 1.165) is 25.9 Å². The Labute approximate surface area is 160 Å². The van der Waals surface area contributed by atoms with E-state index in [0.29, 0.717) is 44.0 Å². The summed E-state index contributed by atoms with van der Waals surface area (Å²) >= 11 is 0. The van der Waals surface area contributed by atoms with Gasteiger partial charge in [-0.15, -0.1) is 0 Å². The lowest BCUT2D eigenvalue weighted by molar-refractivity contribution is -0.133. The van der Waals surface area contributed by atoms with Gasteiger partial charge in [0.2, 0.25) is 11.8 Å². The SMILES string of the molecule is CC(=O)Nc1cccc(C(=O)N2CCN(CC(=O)N3CCCCC3)CC2)c1. The fourth-order valence-corrected chi connectivity index (χ4v) is 3.66. The number of likely N-dealkylation sites (tertiary alicyclic amines) is 1. The number of carbonyl (C=O) groups is 3. The molecular formula is C20H28N4O3. The van der Waals surface area contributed by atoms with Gasteiger partial charge in [-0.3, -0.25) is 19.3 Å². The highest BCUT2D eigenvalue weighted by molar-refractivity contribution is 5.96. The van der Waals surface area contributed by atoms with Gasteiger partial charge < -0.3 is 15.1 Å². The second kappa shape index (κ2) is 8.99. The van der Waals surface area contributed by atoms with Crippen molar-refractivity contribution in [2.24, 2.45) is 0 Å². The maximum atomic E-state index is 12.7. The Kier molecular flexibility index (Phi) is 6.45. The molecule has 3 rings (SSSR count). The molecule has 7 nitrogen and oxygen atoms in total. The van der Waals surface area contributed by atoms with Crippen LogP contribution in [0.25, 0.3) is 0 Å². The Bertz CT molecular complexity index is 692. The normalized spacial score (nSPS) is 18.3. The molecule has 27 heavy (non-hydrogen) atoms. The van der Waals surface area contributed by atoms with Crippen LogP contribution in [0.3, 0.4) is 0 Å². The molecule has 2 saturated heterocycles. The highest BCUT2D eigenvalue weighted by Crippen LogP contribution is 2.15. The zero-order valence-electron chi connectivity index (χ0n) is 15.9. The number of amides is 3. The van der Waals surface area contributed by atoms with Gasteiger partial charge in [0.05, 0.1) is 6.54 Å². The molecule has 2 fully saturated rings. The Morgan fingerprint density at radius 2 is 1.63 bits per heavy atom. The van der Waals surface area contributed by atoms with Gasteiger partial charge in [0.25, 0.3) is 5.91 Å². The summed E-state index contributed by atoms with van der Waals surface area (Å²) in [4.78, 5) is 42.2. The van der Waals surface area contributed by atoms with E-state index in [9.17, 15) is 14.4 Å². The van der Waals surface area contributed by atoms with E-state index >= 15 is 0 Å². The fourth-order valence-electron chi connectivity index (χ4n) is 3.66. The van der Waals surface area contributed by atoms with Crippen molar-refractivity contribution in [2.45, 2.75) is 26.2 Å². The number of carbonyl (C=O) groups excluding carboxylic acids is 3. The van der Waals surface area contributed by atoms with Gasteiger partial charge in [-0.2, -0.15) is 0 Å². The number of piperazine rings is 1. The number of piperidine rings is 1. The van der Waals surface area contributed by atoms with Crippen molar-refractivity contribution in [3.05, 3.63) is 29.8 Å². The van der Waals surface area contributed by atoms with Crippen molar-refractivity contribution < 1.29 is 14.4 Å². The first-order valence-electron chi connectivity index (χ1n) is 9.70. The van der Waals surface area contributed by atoms with Gasteiger partial charge >= 0.3 is 0 Å². The third-order valence-electron chi connectivity index (χ3n) is 5.16. The molecule has 0 bridgehead atoms. The highest BCUT2D eigenvalue weighted by Gasteiger charge is 2.25. The van der Waals surface area contributed by atoms with Crippen LogP contribution in [0.4, 0.5) is 5.69 Å². The molecule has 0 aliphatic carbocycles. The van der Waals surface area contributed by atoms with Gasteiger partial charge in [0.15, 0.2) is 0 Å². The van der Waals surface area contributed by atoms with Crippen molar-refractivity contribution in [3.8, 4) is 0 Å². The molecule has 3 amide bonds. The minimum Gasteiger partial charge on any atom is -0.342 e. The zero-order chi connectivity index (χ0) is 19.2. The lowest BCUT2D eigenvalue weighted by atomic mass is 10.1. The van der Waals surface area contributed by atoms with Crippen LogP contribution in [-0.4, -0.2) is 78.2 Å². The van der Waals surface area contributed by atoms with E-state index < -0.39 is 0 Å². The monoisotopic (exact) mass is 372 g/mol. The highest BCUT2D eigenvalue weighted by atomic mass is 16.2. The predicted molar refractivity (Wildman–Crippen MR) is 104 cm³/mol. The summed E-state index contributed by atoms with van der Waals surface area (Å²) in [5.74, 6) is 0.00767. The predicted octanol–water partition coefficient (Wildman–Crippen LogP) is 1.42. The number of rotatable bonds is 4. The van der Waals surface area contributed by atoms with Gasteiger partial charge in [0, 0.05) is 57.4 Å².